The SMILES string of the molecule is CC(C)[Si](Oc1c2c(c(C(=O)O)c3cc(Cc4ccc(F)cc4)cnc13)CN(C)C2=O)(C(C)C)C(C)C.CC(C)[Si](Oc1c2c(c(OS(=O)(=O)C(F)(F)F)c3cc(Cc4ccc(F)cc4)cnc13)CN(C)C2=O)(C(C)C)C(C)C.COC(=O)c1c2c(c(O)c3ncc(Cc4ccc(F)cc4)cc13)C(=O)N(C)C2.COC(=O)c1c2c(c(O[Si](C(C)C)(C(C)C)C(C)C)c3ncc(Cc4ccc(F)cc4)cc13)C(=O)N(C)C2. The molecule has 0 bridgehead atoms. The zero-order valence-corrected chi connectivity index (χ0v) is 89.7. The second-order valence-corrected chi connectivity index (χ2v) is 58.2. The molecule has 36 heteroatoms. The number of carboxylic acid groups (broad SMARTS) is 1. The van der Waals surface area contributed by atoms with Crippen molar-refractivity contribution in [2.45, 2.75) is 232 Å². The monoisotopic (exact) mass is 2060 g/mol. The van der Waals surface area contributed by atoms with Gasteiger partial charge in [-0.15, -0.1) is 0 Å². The van der Waals surface area contributed by atoms with E-state index in [0.29, 0.717) is 102 Å². The van der Waals surface area contributed by atoms with E-state index in [-0.39, 0.29) is 173 Å². The number of benzene rings is 8. The number of pyridine rings is 4. The number of aromatic hydroxyl groups is 1. The van der Waals surface area contributed by atoms with Gasteiger partial charge >= 0.3 is 33.5 Å². The lowest BCUT2D eigenvalue weighted by molar-refractivity contribution is -0.0500. The van der Waals surface area contributed by atoms with Gasteiger partial charge in [-0.05, 0) is 193 Å². The third-order valence-electron chi connectivity index (χ3n) is 28.5. The van der Waals surface area contributed by atoms with E-state index < -0.39 is 76.0 Å². The lowest BCUT2D eigenvalue weighted by Gasteiger charge is -2.42. The molecule has 4 aliphatic rings. The summed E-state index contributed by atoms with van der Waals surface area (Å²) in [5.41, 5.74) is 6.53. The Balaban J connectivity index is 0.000000163. The molecular formula is C109H123F7N8O17SSi3. The number of carbonyl (C=O) groups excluding carboxylic acids is 6. The number of nitrogens with zero attached hydrogens (tertiary/aromatic N) is 8. The van der Waals surface area contributed by atoms with Gasteiger partial charge in [0.05, 0.1) is 59.7 Å². The Morgan fingerprint density at radius 2 is 0.593 bits per heavy atom. The number of alkyl halides is 3. The molecule has 145 heavy (non-hydrogen) atoms. The van der Waals surface area contributed by atoms with Crippen LogP contribution >= 0.6 is 0 Å². The van der Waals surface area contributed by atoms with Crippen LogP contribution in [0.5, 0.6) is 28.7 Å². The lowest BCUT2D eigenvalue weighted by Crippen LogP contribution is -2.51. The highest BCUT2D eigenvalue weighted by atomic mass is 32.2. The second-order valence-electron chi connectivity index (χ2n) is 40.6. The van der Waals surface area contributed by atoms with E-state index in [4.69, 9.17) is 36.9 Å². The topological polar surface area (TPSA) is 314 Å². The number of fused-ring (bicyclic) bond motifs is 8. The molecule has 0 atom stereocenters. The molecule has 0 saturated heterocycles. The van der Waals surface area contributed by atoms with Crippen molar-refractivity contribution in [2.24, 2.45) is 0 Å². The third kappa shape index (κ3) is 21.0. The predicted octanol–water partition coefficient (Wildman–Crippen LogP) is 24.1. The van der Waals surface area contributed by atoms with Crippen LogP contribution in [0, 0.1) is 23.3 Å². The molecule has 2 N–H and O–H groups in total. The summed E-state index contributed by atoms with van der Waals surface area (Å²) in [5, 5.41) is 22.4. The van der Waals surface area contributed by atoms with Crippen LogP contribution in [0.1, 0.15) is 264 Å². The Bertz CT molecular complexity index is 7130. The summed E-state index contributed by atoms with van der Waals surface area (Å²) in [6.07, 6.45) is 8.18. The Hall–Kier alpha value is -13.2. The average Bonchev–Trinajstić information content (AvgIpc) is 1.61. The summed E-state index contributed by atoms with van der Waals surface area (Å²) in [6.45, 7) is 38.9. The molecule has 4 aliphatic heterocycles. The van der Waals surface area contributed by atoms with Gasteiger partial charge < -0.3 is 56.7 Å². The summed E-state index contributed by atoms with van der Waals surface area (Å²) < 4.78 is 155. The highest BCUT2D eigenvalue weighted by molar-refractivity contribution is 7.88. The van der Waals surface area contributed by atoms with Crippen LogP contribution in [0.15, 0.2) is 146 Å². The fraction of sp³-hybridized carbons (Fsp3) is 0.385. The van der Waals surface area contributed by atoms with Gasteiger partial charge in [-0.2, -0.15) is 21.6 Å². The van der Waals surface area contributed by atoms with Gasteiger partial charge in [0.2, 0.25) is 0 Å². The summed E-state index contributed by atoms with van der Waals surface area (Å²) in [4.78, 5) is 115. The molecule has 0 aliphatic carbocycles. The van der Waals surface area contributed by atoms with E-state index in [0.717, 1.165) is 33.4 Å². The number of esters is 2. The van der Waals surface area contributed by atoms with Crippen LogP contribution in [0.4, 0.5) is 30.7 Å². The summed E-state index contributed by atoms with van der Waals surface area (Å²) in [7, 11) is -4.74. The van der Waals surface area contributed by atoms with E-state index >= 15 is 0 Å². The van der Waals surface area contributed by atoms with Crippen LogP contribution in [0.2, 0.25) is 49.9 Å². The molecule has 4 amide bonds. The molecule has 12 aromatic rings. The lowest BCUT2D eigenvalue weighted by atomic mass is 9.95. The molecule has 25 nitrogen and oxygen atoms in total. The molecule has 16 rings (SSSR count). The first-order valence-corrected chi connectivity index (χ1v) is 56.0. The van der Waals surface area contributed by atoms with E-state index in [2.05, 4.69) is 93.1 Å². The van der Waals surface area contributed by atoms with Crippen LogP contribution < -0.4 is 17.5 Å². The highest BCUT2D eigenvalue weighted by Gasteiger charge is 2.55. The van der Waals surface area contributed by atoms with Crippen molar-refractivity contribution >= 4 is 120 Å². The number of aromatic carboxylic acids is 1. The Labute approximate surface area is 842 Å². The summed E-state index contributed by atoms with van der Waals surface area (Å²) in [6, 6.07) is 31.3. The maximum Gasteiger partial charge on any atom is 0.534 e. The van der Waals surface area contributed by atoms with Gasteiger partial charge in [-0.25, -0.2) is 31.9 Å². The molecule has 0 radical (unpaired) electrons. The molecule has 0 spiro atoms. The van der Waals surface area contributed by atoms with E-state index in [1.165, 1.54) is 96.8 Å². The number of ether oxygens (including phenoxy) is 2. The summed E-state index contributed by atoms with van der Waals surface area (Å²) >= 11 is 0. The first-order valence-electron chi connectivity index (χ1n) is 48.2. The van der Waals surface area contributed by atoms with Crippen molar-refractivity contribution in [3.8, 4) is 28.7 Å². The molecule has 0 fully saturated rings. The normalized spacial score (nSPS) is 13.8. The van der Waals surface area contributed by atoms with Gasteiger partial charge in [0.15, 0.2) is 11.5 Å². The number of rotatable bonds is 28. The summed E-state index contributed by atoms with van der Waals surface area (Å²) in [5.74, 6) is -4.70. The number of carbonyl (C=O) groups is 7. The van der Waals surface area contributed by atoms with Crippen molar-refractivity contribution in [1.29, 1.82) is 0 Å². The van der Waals surface area contributed by atoms with Gasteiger partial charge in [-0.1, -0.05) is 173 Å². The fourth-order valence-corrected chi connectivity index (χ4v) is 38.3. The largest absolute Gasteiger partial charge is 0.541 e. The Morgan fingerprint density at radius 1 is 0.359 bits per heavy atom. The van der Waals surface area contributed by atoms with Gasteiger partial charge in [0.1, 0.15) is 62.6 Å². The molecule has 8 aromatic carbocycles. The number of carboxylic acids is 1. The van der Waals surface area contributed by atoms with E-state index in [9.17, 15) is 82.9 Å². The zero-order chi connectivity index (χ0) is 107. The number of aromatic nitrogens is 4. The Morgan fingerprint density at radius 3 is 0.869 bits per heavy atom. The van der Waals surface area contributed by atoms with Crippen molar-refractivity contribution in [3.63, 3.8) is 0 Å². The van der Waals surface area contributed by atoms with Crippen LogP contribution in [-0.2, 0) is 71.5 Å². The number of hydrogen-bond acceptors (Lipinski definition) is 20. The number of hydrogen-bond donors (Lipinski definition) is 2. The van der Waals surface area contributed by atoms with E-state index in [1.807, 2.05) is 53.7 Å². The van der Waals surface area contributed by atoms with Crippen molar-refractivity contribution in [2.75, 3.05) is 42.4 Å². The van der Waals surface area contributed by atoms with Crippen LogP contribution in [-0.4, -0.2) is 173 Å². The molecular weight excluding hydrogens is 1940 g/mol. The molecule has 8 heterocycles. The first-order chi connectivity index (χ1) is 68.1. The highest BCUT2D eigenvalue weighted by Crippen LogP contribution is 2.55. The molecule has 4 aromatic heterocycles. The van der Waals surface area contributed by atoms with E-state index in [1.54, 1.807) is 99.2 Å². The van der Waals surface area contributed by atoms with Crippen LogP contribution in [0.25, 0.3) is 43.6 Å². The molecule has 0 saturated carbocycles. The first kappa shape index (κ1) is 109. The van der Waals surface area contributed by atoms with Crippen LogP contribution in [0.3, 0.4) is 0 Å². The number of halogens is 7. The third-order valence-corrected chi connectivity index (χ3v) is 47.4. The quantitative estimate of drug-likeness (QED) is 0.0151. The predicted molar refractivity (Wildman–Crippen MR) is 549 cm³/mol. The zero-order valence-electron chi connectivity index (χ0n) is 85.9. The number of methoxy groups -OCH3 is 2. The van der Waals surface area contributed by atoms with Gasteiger partial charge in [0, 0.05) is 116 Å². The maximum absolute atomic E-state index is 13.5. The molecule has 768 valence electrons. The smallest absolute Gasteiger partial charge is 0.534 e. The van der Waals surface area contributed by atoms with Gasteiger partial charge in [-0.3, -0.25) is 39.1 Å². The minimum atomic E-state index is -6.09. The maximum atomic E-state index is 13.5. The van der Waals surface area contributed by atoms with Gasteiger partial charge in [0.25, 0.3) is 48.6 Å². The number of amides is 4. The van der Waals surface area contributed by atoms with Crippen molar-refractivity contribution < 1.29 is 110 Å². The fourth-order valence-electron chi connectivity index (χ4n) is 22.0. The minimum Gasteiger partial charge on any atom is -0.541 e. The number of phenolic OH excluding ortho intramolecular Hbond substituents is 1. The molecule has 0 unspecified atom stereocenters. The van der Waals surface area contributed by atoms with Crippen molar-refractivity contribution in [3.05, 3.63) is 275 Å². The Kier molecular flexibility index (Phi) is 32.2. The minimum absolute atomic E-state index is 0.0160. The standard InChI is InChI=1S/C30H37FN2O4Si.C29H34F4N2O5SSi.C29H35FN2O4Si.C21H17FN2O4/c1-17(2)38(18(3)4,19(5)6)37-28-26-24(16-33(7)29(26)34)25(30(35)36-8)23-14-21(15-32-27(23)28)13-20-9-11-22(31)12-10-20;1-16(2)42(17(3)4,18(5)6)40-27-24-23(15-35(7)28(24)36)26(39-41(37,38)29(31,32)33)22-13-20(14-34-25(22)27)12-19-8-10-21(30)11-9-19;1-16(2)37(17(3)4,18(5)6)36-27-25-23(15-32(7)28(25)33)24(29(34)35)22-13-20(14-31-26(22)27)12-19-8-10-21(30)11-9-19;1-24-10-15-16(21(27)28-2)14-8-12(7-11-3-5-13(22)6-4-11)9-23-18(14)19(25)17(15)20(24)26/h9-12,14-15,17-19H,13,16H2,1-8H3;8-11,13-14,16-18H,12,15H2,1-7H3;8-11,13-14,16-18H,12,15H2,1-7H3,(H,34,35);3-6,8-9,25H,7,10H2,1-2H3. The second kappa shape index (κ2) is 42.8. The number of phenols is 1. The average molecular weight is 2070 g/mol. The van der Waals surface area contributed by atoms with Crippen molar-refractivity contribution in [1.82, 2.24) is 39.5 Å².